The summed E-state index contributed by atoms with van der Waals surface area (Å²) in [6.45, 7) is 0. The molecule has 0 aliphatic rings. The van der Waals surface area contributed by atoms with Gasteiger partial charge in [0.15, 0.2) is 0 Å². The van der Waals surface area contributed by atoms with Gasteiger partial charge in [-0.05, 0) is 42.5 Å². The van der Waals surface area contributed by atoms with E-state index in [4.69, 9.17) is 4.74 Å². The Morgan fingerprint density at radius 3 is 2.25 bits per heavy atom. The molecule has 0 aliphatic heterocycles. The molecule has 120 valence electrons. The molecule has 0 spiro atoms. The van der Waals surface area contributed by atoms with Crippen LogP contribution in [0.5, 0.6) is 11.5 Å². The molecule has 0 bridgehead atoms. The lowest BCUT2D eigenvalue weighted by atomic mass is 10.3. The van der Waals surface area contributed by atoms with Crippen molar-refractivity contribution in [1.29, 1.82) is 0 Å². The van der Waals surface area contributed by atoms with Crippen LogP contribution in [0.2, 0.25) is 0 Å². The van der Waals surface area contributed by atoms with Gasteiger partial charge < -0.3 is 10.1 Å². The van der Waals surface area contributed by atoms with E-state index in [2.05, 4.69) is 5.32 Å². The molecule has 1 aromatic heterocycles. The van der Waals surface area contributed by atoms with Crippen molar-refractivity contribution in [1.82, 2.24) is 0 Å². The summed E-state index contributed by atoms with van der Waals surface area (Å²) in [6.07, 6.45) is 0. The Morgan fingerprint density at radius 2 is 1.62 bits per heavy atom. The van der Waals surface area contributed by atoms with Gasteiger partial charge in [-0.1, -0.05) is 29.5 Å². The van der Waals surface area contributed by atoms with Gasteiger partial charge in [0.25, 0.3) is 5.91 Å². The zero-order chi connectivity index (χ0) is 16.9. The number of rotatable bonds is 5. The first-order valence-electron chi connectivity index (χ1n) is 7.00. The summed E-state index contributed by atoms with van der Waals surface area (Å²) in [5.41, 5.74) is 0.580. The molecular formula is C17H12N2O4S. The summed E-state index contributed by atoms with van der Waals surface area (Å²) in [7, 11) is 0. The topological polar surface area (TPSA) is 81.5 Å². The molecule has 1 amide bonds. The number of hydrogen-bond donors (Lipinski definition) is 1. The van der Waals surface area contributed by atoms with Gasteiger partial charge in [0.2, 0.25) is 0 Å². The molecule has 0 radical (unpaired) electrons. The van der Waals surface area contributed by atoms with E-state index >= 15 is 0 Å². The summed E-state index contributed by atoms with van der Waals surface area (Å²) < 4.78 is 5.67. The quantitative estimate of drug-likeness (QED) is 0.539. The second-order valence-electron chi connectivity index (χ2n) is 4.79. The van der Waals surface area contributed by atoms with Crippen LogP contribution >= 0.6 is 11.3 Å². The Morgan fingerprint density at radius 1 is 0.958 bits per heavy atom. The van der Waals surface area contributed by atoms with Crippen LogP contribution in [-0.2, 0) is 0 Å². The van der Waals surface area contributed by atoms with Gasteiger partial charge in [0.1, 0.15) is 11.5 Å². The second kappa shape index (κ2) is 6.93. The van der Waals surface area contributed by atoms with Crippen LogP contribution < -0.4 is 10.1 Å². The maximum Gasteiger partial charge on any atom is 0.324 e. The fourth-order valence-electron chi connectivity index (χ4n) is 1.97. The number of amides is 1. The van der Waals surface area contributed by atoms with E-state index in [9.17, 15) is 14.9 Å². The predicted octanol–water partition coefficient (Wildman–Crippen LogP) is 4.70. The average Bonchev–Trinajstić information content (AvgIpc) is 3.08. The Kier molecular flexibility index (Phi) is 4.53. The monoisotopic (exact) mass is 340 g/mol. The van der Waals surface area contributed by atoms with Crippen molar-refractivity contribution in [2.45, 2.75) is 0 Å². The largest absolute Gasteiger partial charge is 0.457 e. The number of benzene rings is 2. The SMILES string of the molecule is O=C(Nc1ccc(Oc2ccccc2)cc1)c1ccc([N+](=O)[O-])s1. The molecule has 1 heterocycles. The average molecular weight is 340 g/mol. The number of carbonyl (C=O) groups excluding carboxylic acids is 1. The van der Waals surface area contributed by atoms with Gasteiger partial charge >= 0.3 is 5.00 Å². The lowest BCUT2D eigenvalue weighted by molar-refractivity contribution is -0.380. The Balaban J connectivity index is 1.65. The zero-order valence-corrected chi connectivity index (χ0v) is 13.2. The van der Waals surface area contributed by atoms with Crippen molar-refractivity contribution in [2.75, 3.05) is 5.32 Å². The van der Waals surface area contributed by atoms with Crippen LogP contribution in [0.4, 0.5) is 10.7 Å². The number of ether oxygens (including phenoxy) is 1. The van der Waals surface area contributed by atoms with E-state index in [1.54, 1.807) is 24.3 Å². The van der Waals surface area contributed by atoms with E-state index in [1.165, 1.54) is 12.1 Å². The predicted molar refractivity (Wildman–Crippen MR) is 91.9 cm³/mol. The molecule has 0 fully saturated rings. The van der Waals surface area contributed by atoms with Gasteiger partial charge in [-0.25, -0.2) is 0 Å². The fourth-order valence-corrected chi connectivity index (χ4v) is 2.69. The zero-order valence-electron chi connectivity index (χ0n) is 12.3. The summed E-state index contributed by atoms with van der Waals surface area (Å²) >= 11 is 0.837. The Bertz CT molecular complexity index is 860. The minimum Gasteiger partial charge on any atom is -0.457 e. The van der Waals surface area contributed by atoms with Crippen molar-refractivity contribution in [2.24, 2.45) is 0 Å². The van der Waals surface area contributed by atoms with Crippen LogP contribution in [-0.4, -0.2) is 10.8 Å². The molecule has 0 unspecified atom stereocenters. The molecule has 2 aromatic carbocycles. The van der Waals surface area contributed by atoms with Gasteiger partial charge in [0.05, 0.1) is 9.80 Å². The second-order valence-corrected chi connectivity index (χ2v) is 5.85. The summed E-state index contributed by atoms with van der Waals surface area (Å²) in [5.74, 6) is 0.982. The van der Waals surface area contributed by atoms with Crippen molar-refractivity contribution >= 4 is 27.9 Å². The summed E-state index contributed by atoms with van der Waals surface area (Å²) in [5, 5.41) is 13.3. The highest BCUT2D eigenvalue weighted by Gasteiger charge is 2.15. The maximum atomic E-state index is 12.1. The third-order valence-electron chi connectivity index (χ3n) is 3.09. The standard InChI is InChI=1S/C17H12N2O4S/c20-17(15-10-11-16(24-15)19(21)22)18-12-6-8-14(9-7-12)23-13-4-2-1-3-5-13/h1-11H,(H,18,20). The van der Waals surface area contributed by atoms with Crippen LogP contribution in [0, 0.1) is 10.1 Å². The smallest absolute Gasteiger partial charge is 0.324 e. The van der Waals surface area contributed by atoms with Crippen LogP contribution in [0.15, 0.2) is 66.7 Å². The number of hydrogen-bond acceptors (Lipinski definition) is 5. The summed E-state index contributed by atoms with van der Waals surface area (Å²) in [4.78, 5) is 22.5. The van der Waals surface area contributed by atoms with Crippen molar-refractivity contribution in [3.63, 3.8) is 0 Å². The summed E-state index contributed by atoms with van der Waals surface area (Å²) in [6, 6.07) is 19.0. The third kappa shape index (κ3) is 3.76. The van der Waals surface area contributed by atoms with Crippen molar-refractivity contribution in [3.05, 3.63) is 81.7 Å². The molecule has 3 aromatic rings. The van der Waals surface area contributed by atoms with Gasteiger partial charge in [0, 0.05) is 11.8 Å². The van der Waals surface area contributed by atoms with Crippen molar-refractivity contribution < 1.29 is 14.5 Å². The van der Waals surface area contributed by atoms with Gasteiger partial charge in [-0.15, -0.1) is 0 Å². The molecule has 0 saturated carbocycles. The molecule has 7 heteroatoms. The normalized spacial score (nSPS) is 10.2. The maximum absolute atomic E-state index is 12.1. The van der Waals surface area contributed by atoms with E-state index < -0.39 is 4.92 Å². The molecule has 0 aliphatic carbocycles. The van der Waals surface area contributed by atoms with E-state index in [-0.39, 0.29) is 15.8 Å². The van der Waals surface area contributed by atoms with Crippen LogP contribution in [0.1, 0.15) is 9.67 Å². The number of anilines is 1. The molecule has 24 heavy (non-hydrogen) atoms. The molecular weight excluding hydrogens is 328 g/mol. The van der Waals surface area contributed by atoms with Crippen LogP contribution in [0.3, 0.4) is 0 Å². The Labute approximate surface area is 141 Å². The van der Waals surface area contributed by atoms with E-state index in [0.717, 1.165) is 17.1 Å². The van der Waals surface area contributed by atoms with E-state index in [1.807, 2.05) is 30.3 Å². The third-order valence-corrected chi connectivity index (χ3v) is 4.12. The Hall–Kier alpha value is -3.19. The fraction of sp³-hybridized carbons (Fsp3) is 0. The van der Waals surface area contributed by atoms with Gasteiger partial charge in [-0.3, -0.25) is 14.9 Å². The molecule has 6 nitrogen and oxygen atoms in total. The lowest BCUT2D eigenvalue weighted by Gasteiger charge is -2.07. The minimum absolute atomic E-state index is 0.0632. The number of nitrogens with one attached hydrogen (secondary N) is 1. The van der Waals surface area contributed by atoms with Crippen molar-refractivity contribution in [3.8, 4) is 11.5 Å². The number of nitrogens with zero attached hydrogens (tertiary/aromatic N) is 1. The minimum atomic E-state index is -0.517. The highest BCUT2D eigenvalue weighted by Crippen LogP contribution is 2.26. The number of para-hydroxylation sites is 1. The first-order valence-corrected chi connectivity index (χ1v) is 7.82. The lowest BCUT2D eigenvalue weighted by Crippen LogP contribution is -2.09. The van der Waals surface area contributed by atoms with Crippen LogP contribution in [0.25, 0.3) is 0 Å². The molecule has 3 rings (SSSR count). The first kappa shape index (κ1) is 15.7. The molecule has 1 N–H and O–H groups in total. The first-order chi connectivity index (χ1) is 11.6. The highest BCUT2D eigenvalue weighted by atomic mass is 32.1. The number of carbonyl (C=O) groups is 1. The number of thiophene rings is 1. The molecule has 0 atom stereocenters. The van der Waals surface area contributed by atoms with E-state index in [0.29, 0.717) is 11.4 Å². The number of nitro groups is 1. The molecule has 0 saturated heterocycles. The van der Waals surface area contributed by atoms with Gasteiger partial charge in [-0.2, -0.15) is 0 Å². The highest BCUT2D eigenvalue weighted by molar-refractivity contribution is 7.17.